The molecule has 27 heavy (non-hydrogen) atoms. The Labute approximate surface area is 158 Å². The quantitative estimate of drug-likeness (QED) is 0.781. The summed E-state index contributed by atoms with van der Waals surface area (Å²) in [4.78, 5) is 4.05. The number of ether oxygens (including phenoxy) is 2. The first-order valence-corrected chi connectivity index (χ1v) is 10.6. The SMILES string of the molecule is CCS(=O)(=O)N[C@H]1CCCO[C@@H]1COc1ccc(-c2ccc(F)cn2)cc1. The van der Waals surface area contributed by atoms with E-state index in [9.17, 15) is 12.8 Å². The average Bonchev–Trinajstić information content (AvgIpc) is 2.68. The third-order valence-corrected chi connectivity index (χ3v) is 5.86. The van der Waals surface area contributed by atoms with Crippen molar-refractivity contribution in [2.75, 3.05) is 19.0 Å². The number of halogens is 1. The summed E-state index contributed by atoms with van der Waals surface area (Å²) in [7, 11) is -3.29. The summed E-state index contributed by atoms with van der Waals surface area (Å²) in [5, 5.41) is 0. The lowest BCUT2D eigenvalue weighted by Gasteiger charge is -2.31. The topological polar surface area (TPSA) is 77.5 Å². The standard InChI is InChI=1S/C19H23FN2O4S/c1-2-27(23,24)22-18-4-3-11-25-19(18)13-26-16-8-5-14(6-9-16)17-10-7-15(20)12-21-17/h5-10,12,18-19,22H,2-4,11,13H2,1H3/t18-,19+/m0/s1. The second-order valence-electron chi connectivity index (χ2n) is 6.38. The van der Waals surface area contributed by atoms with E-state index in [-0.39, 0.29) is 30.3 Å². The van der Waals surface area contributed by atoms with Gasteiger partial charge in [0.25, 0.3) is 0 Å². The summed E-state index contributed by atoms with van der Waals surface area (Å²) < 4.78 is 50.8. The molecule has 1 aromatic heterocycles. The lowest BCUT2D eigenvalue weighted by atomic mass is 10.0. The minimum absolute atomic E-state index is 0.0377. The highest BCUT2D eigenvalue weighted by molar-refractivity contribution is 7.89. The zero-order valence-electron chi connectivity index (χ0n) is 15.1. The minimum Gasteiger partial charge on any atom is -0.491 e. The molecule has 1 aromatic carbocycles. The minimum atomic E-state index is -3.29. The van der Waals surface area contributed by atoms with Crippen molar-refractivity contribution in [3.05, 3.63) is 48.4 Å². The second kappa shape index (κ2) is 8.77. The van der Waals surface area contributed by atoms with Crippen LogP contribution in [0, 0.1) is 5.82 Å². The predicted octanol–water partition coefficient (Wildman–Crippen LogP) is 2.75. The van der Waals surface area contributed by atoms with E-state index < -0.39 is 10.0 Å². The molecule has 8 heteroatoms. The van der Waals surface area contributed by atoms with Gasteiger partial charge in [-0.2, -0.15) is 0 Å². The molecule has 0 saturated carbocycles. The summed E-state index contributed by atoms with van der Waals surface area (Å²) in [5.74, 6) is 0.308. The number of nitrogens with one attached hydrogen (secondary N) is 1. The molecule has 3 rings (SSSR count). The first-order chi connectivity index (χ1) is 13.0. The van der Waals surface area contributed by atoms with E-state index in [2.05, 4.69) is 9.71 Å². The molecule has 1 saturated heterocycles. The molecule has 1 fully saturated rings. The number of pyridine rings is 1. The first kappa shape index (κ1) is 19.7. The van der Waals surface area contributed by atoms with Crippen molar-refractivity contribution < 1.29 is 22.3 Å². The fraction of sp³-hybridized carbons (Fsp3) is 0.421. The van der Waals surface area contributed by atoms with Gasteiger partial charge in [0.2, 0.25) is 10.0 Å². The maximum atomic E-state index is 13.0. The molecule has 6 nitrogen and oxygen atoms in total. The first-order valence-electron chi connectivity index (χ1n) is 8.93. The second-order valence-corrected chi connectivity index (χ2v) is 8.42. The monoisotopic (exact) mass is 394 g/mol. The van der Waals surface area contributed by atoms with Crippen LogP contribution in [0.5, 0.6) is 5.75 Å². The van der Waals surface area contributed by atoms with Crippen molar-refractivity contribution in [3.63, 3.8) is 0 Å². The van der Waals surface area contributed by atoms with Gasteiger partial charge in [-0.3, -0.25) is 4.98 Å². The molecule has 1 aliphatic heterocycles. The fourth-order valence-electron chi connectivity index (χ4n) is 2.90. The molecule has 0 spiro atoms. The largest absolute Gasteiger partial charge is 0.491 e. The van der Waals surface area contributed by atoms with Crippen molar-refractivity contribution >= 4 is 10.0 Å². The van der Waals surface area contributed by atoms with Crippen molar-refractivity contribution in [3.8, 4) is 17.0 Å². The van der Waals surface area contributed by atoms with E-state index in [4.69, 9.17) is 9.47 Å². The van der Waals surface area contributed by atoms with Gasteiger partial charge >= 0.3 is 0 Å². The van der Waals surface area contributed by atoms with Crippen molar-refractivity contribution in [2.45, 2.75) is 31.9 Å². The van der Waals surface area contributed by atoms with Gasteiger partial charge in [-0.05, 0) is 56.2 Å². The van der Waals surface area contributed by atoms with Gasteiger partial charge in [-0.25, -0.2) is 17.5 Å². The van der Waals surface area contributed by atoms with Gasteiger partial charge in [0.1, 0.15) is 24.3 Å². The molecule has 2 heterocycles. The summed E-state index contributed by atoms with van der Waals surface area (Å²) in [5.41, 5.74) is 1.53. The number of hydrogen-bond donors (Lipinski definition) is 1. The Bertz CT molecular complexity index is 841. The molecular formula is C19H23FN2O4S. The highest BCUT2D eigenvalue weighted by Gasteiger charge is 2.29. The number of hydrogen-bond acceptors (Lipinski definition) is 5. The van der Waals surface area contributed by atoms with E-state index in [1.54, 1.807) is 25.1 Å². The Balaban J connectivity index is 1.60. The van der Waals surface area contributed by atoms with Crippen LogP contribution in [0.4, 0.5) is 4.39 Å². The number of rotatable bonds is 7. The molecule has 2 aromatic rings. The van der Waals surface area contributed by atoms with E-state index in [0.717, 1.165) is 18.4 Å². The van der Waals surface area contributed by atoms with E-state index in [0.29, 0.717) is 18.1 Å². The zero-order valence-corrected chi connectivity index (χ0v) is 15.9. The van der Waals surface area contributed by atoms with Gasteiger partial charge < -0.3 is 9.47 Å². The van der Waals surface area contributed by atoms with Crippen molar-refractivity contribution in [2.24, 2.45) is 0 Å². The van der Waals surface area contributed by atoms with Crippen LogP contribution in [0.1, 0.15) is 19.8 Å². The predicted molar refractivity (Wildman–Crippen MR) is 100 cm³/mol. The van der Waals surface area contributed by atoms with Crippen LogP contribution in [0.15, 0.2) is 42.6 Å². The highest BCUT2D eigenvalue weighted by Crippen LogP contribution is 2.22. The molecule has 0 amide bonds. The van der Waals surface area contributed by atoms with E-state index in [1.165, 1.54) is 12.3 Å². The average molecular weight is 394 g/mol. The lowest BCUT2D eigenvalue weighted by Crippen LogP contribution is -2.49. The molecule has 2 atom stereocenters. The van der Waals surface area contributed by atoms with Crippen LogP contribution >= 0.6 is 0 Å². The van der Waals surface area contributed by atoms with Crippen LogP contribution in [0.3, 0.4) is 0 Å². The molecule has 0 unspecified atom stereocenters. The van der Waals surface area contributed by atoms with Gasteiger partial charge in [-0.1, -0.05) is 0 Å². The normalized spacial score (nSPS) is 20.4. The smallest absolute Gasteiger partial charge is 0.211 e. The summed E-state index contributed by atoms with van der Waals surface area (Å²) in [6.45, 7) is 2.45. The summed E-state index contributed by atoms with van der Waals surface area (Å²) >= 11 is 0. The van der Waals surface area contributed by atoms with Gasteiger partial charge in [0.05, 0.1) is 23.7 Å². The summed E-state index contributed by atoms with van der Waals surface area (Å²) in [6.07, 6.45) is 2.38. The van der Waals surface area contributed by atoms with Gasteiger partial charge in [0, 0.05) is 12.2 Å². The highest BCUT2D eigenvalue weighted by atomic mass is 32.2. The van der Waals surface area contributed by atoms with Crippen molar-refractivity contribution in [1.29, 1.82) is 0 Å². The van der Waals surface area contributed by atoms with Gasteiger partial charge in [0.15, 0.2) is 0 Å². The number of sulfonamides is 1. The van der Waals surface area contributed by atoms with Crippen LogP contribution in [0.2, 0.25) is 0 Å². The Kier molecular flexibility index (Phi) is 6.41. The molecular weight excluding hydrogens is 371 g/mol. The molecule has 0 aliphatic carbocycles. The Morgan fingerprint density at radius 2 is 2.04 bits per heavy atom. The maximum Gasteiger partial charge on any atom is 0.211 e. The molecule has 146 valence electrons. The Morgan fingerprint density at radius 1 is 1.26 bits per heavy atom. The van der Waals surface area contributed by atoms with Crippen LogP contribution < -0.4 is 9.46 Å². The van der Waals surface area contributed by atoms with Gasteiger partial charge in [-0.15, -0.1) is 0 Å². The third-order valence-electron chi connectivity index (χ3n) is 4.44. The van der Waals surface area contributed by atoms with Crippen LogP contribution in [-0.2, 0) is 14.8 Å². The maximum absolute atomic E-state index is 13.0. The van der Waals surface area contributed by atoms with E-state index in [1.807, 2.05) is 12.1 Å². The molecule has 0 bridgehead atoms. The zero-order chi connectivity index (χ0) is 19.3. The van der Waals surface area contributed by atoms with E-state index >= 15 is 0 Å². The number of nitrogens with zero attached hydrogens (tertiary/aromatic N) is 1. The molecule has 0 radical (unpaired) electrons. The molecule has 1 aliphatic rings. The van der Waals surface area contributed by atoms with Crippen molar-refractivity contribution in [1.82, 2.24) is 9.71 Å². The summed E-state index contributed by atoms with van der Waals surface area (Å²) in [6, 6.07) is 9.98. The molecule has 1 N–H and O–H groups in total. The number of aromatic nitrogens is 1. The van der Waals surface area contributed by atoms with Crippen LogP contribution in [0.25, 0.3) is 11.3 Å². The fourth-order valence-corrected chi connectivity index (χ4v) is 3.80. The Hall–Kier alpha value is -2.03. The Morgan fingerprint density at radius 3 is 2.70 bits per heavy atom. The van der Waals surface area contributed by atoms with Crippen LogP contribution in [-0.4, -0.2) is 44.5 Å². The number of benzene rings is 1. The third kappa shape index (κ3) is 5.47. The lowest BCUT2D eigenvalue weighted by molar-refractivity contribution is -0.0279.